The Labute approximate surface area is 110 Å². The standard InChI is InChI=1S/C10H15BrN2O3S/c1-13(2)17(14,15)12-7-8-6-9(11)4-5-10(8)16-3/h4-6,12H,7H2,1-3H3. The number of nitrogens with zero attached hydrogens (tertiary/aromatic N) is 1. The molecule has 0 atom stereocenters. The molecule has 17 heavy (non-hydrogen) atoms. The molecule has 0 radical (unpaired) electrons. The van der Waals surface area contributed by atoms with Gasteiger partial charge < -0.3 is 4.74 Å². The van der Waals surface area contributed by atoms with Crippen LogP contribution in [0.3, 0.4) is 0 Å². The molecule has 0 saturated carbocycles. The van der Waals surface area contributed by atoms with Crippen LogP contribution in [-0.2, 0) is 16.8 Å². The van der Waals surface area contributed by atoms with Gasteiger partial charge in [0.25, 0.3) is 10.2 Å². The van der Waals surface area contributed by atoms with Gasteiger partial charge in [-0.05, 0) is 18.2 Å². The number of benzene rings is 1. The fraction of sp³-hybridized carbons (Fsp3) is 0.400. The Bertz CT molecular complexity index is 488. The Morgan fingerprint density at radius 1 is 1.41 bits per heavy atom. The van der Waals surface area contributed by atoms with Crippen molar-refractivity contribution in [2.24, 2.45) is 0 Å². The molecule has 1 aromatic rings. The molecule has 7 heteroatoms. The van der Waals surface area contributed by atoms with E-state index in [1.54, 1.807) is 13.2 Å². The Hall–Kier alpha value is -0.630. The average molecular weight is 323 g/mol. The second-order valence-corrected chi connectivity index (χ2v) is 6.45. The van der Waals surface area contributed by atoms with Crippen LogP contribution in [0.15, 0.2) is 22.7 Å². The van der Waals surface area contributed by atoms with Gasteiger partial charge in [-0.25, -0.2) is 0 Å². The largest absolute Gasteiger partial charge is 0.496 e. The predicted octanol–water partition coefficient (Wildman–Crippen LogP) is 1.35. The third-order valence-corrected chi connectivity index (χ3v) is 4.13. The molecule has 0 aliphatic rings. The molecule has 0 spiro atoms. The monoisotopic (exact) mass is 322 g/mol. The van der Waals surface area contributed by atoms with E-state index < -0.39 is 10.2 Å². The van der Waals surface area contributed by atoms with Crippen LogP contribution in [-0.4, -0.2) is 33.9 Å². The summed E-state index contributed by atoms with van der Waals surface area (Å²) in [6.45, 7) is 0.184. The number of rotatable bonds is 5. The minimum absolute atomic E-state index is 0.184. The average Bonchev–Trinajstić information content (AvgIpc) is 2.26. The van der Waals surface area contributed by atoms with E-state index in [0.717, 1.165) is 14.3 Å². The maximum absolute atomic E-state index is 11.6. The minimum atomic E-state index is -3.42. The molecule has 0 fully saturated rings. The molecule has 0 aliphatic carbocycles. The summed E-state index contributed by atoms with van der Waals surface area (Å²) in [5.74, 6) is 0.648. The Kier molecular flexibility index (Phi) is 4.93. The highest BCUT2D eigenvalue weighted by molar-refractivity contribution is 9.10. The molecule has 0 aromatic heterocycles. The van der Waals surface area contributed by atoms with Crippen LogP contribution in [0.4, 0.5) is 0 Å². The molecule has 1 aromatic carbocycles. The van der Waals surface area contributed by atoms with E-state index in [4.69, 9.17) is 4.74 Å². The lowest BCUT2D eigenvalue weighted by Gasteiger charge is -2.14. The van der Waals surface area contributed by atoms with Gasteiger partial charge in [-0.1, -0.05) is 15.9 Å². The maximum atomic E-state index is 11.6. The summed E-state index contributed by atoms with van der Waals surface area (Å²) >= 11 is 3.33. The molecule has 1 rings (SSSR count). The molecule has 96 valence electrons. The summed E-state index contributed by atoms with van der Waals surface area (Å²) in [5.41, 5.74) is 0.771. The molecule has 1 N–H and O–H groups in total. The summed E-state index contributed by atoms with van der Waals surface area (Å²) < 4.78 is 32.7. The SMILES string of the molecule is COc1ccc(Br)cc1CNS(=O)(=O)N(C)C. The molecular formula is C10H15BrN2O3S. The van der Waals surface area contributed by atoms with Gasteiger partial charge in [0.15, 0.2) is 0 Å². The molecule has 0 amide bonds. The third kappa shape index (κ3) is 3.95. The number of halogens is 1. The lowest BCUT2D eigenvalue weighted by molar-refractivity contribution is 0.408. The van der Waals surface area contributed by atoms with Crippen molar-refractivity contribution in [3.63, 3.8) is 0 Å². The van der Waals surface area contributed by atoms with Gasteiger partial charge in [0, 0.05) is 30.7 Å². The van der Waals surface area contributed by atoms with Crippen LogP contribution >= 0.6 is 15.9 Å². The van der Waals surface area contributed by atoms with Gasteiger partial charge in [-0.3, -0.25) is 0 Å². The van der Waals surface area contributed by atoms with E-state index in [-0.39, 0.29) is 6.54 Å². The zero-order valence-corrected chi connectivity index (χ0v) is 12.3. The van der Waals surface area contributed by atoms with Crippen LogP contribution < -0.4 is 9.46 Å². The second-order valence-electron chi connectivity index (χ2n) is 3.56. The van der Waals surface area contributed by atoms with Crippen molar-refractivity contribution in [2.45, 2.75) is 6.54 Å². The number of methoxy groups -OCH3 is 1. The van der Waals surface area contributed by atoms with Gasteiger partial charge >= 0.3 is 0 Å². The number of hydrogen-bond acceptors (Lipinski definition) is 3. The topological polar surface area (TPSA) is 58.6 Å². The molecule has 0 unspecified atom stereocenters. The summed E-state index contributed by atoms with van der Waals surface area (Å²) in [7, 11) is 1.07. The van der Waals surface area contributed by atoms with Crippen LogP contribution in [0, 0.1) is 0 Å². The smallest absolute Gasteiger partial charge is 0.279 e. The number of hydrogen-bond donors (Lipinski definition) is 1. The highest BCUT2D eigenvalue weighted by atomic mass is 79.9. The van der Waals surface area contributed by atoms with Gasteiger partial charge in [0.2, 0.25) is 0 Å². The lowest BCUT2D eigenvalue weighted by Crippen LogP contribution is -2.35. The van der Waals surface area contributed by atoms with Crippen molar-refractivity contribution in [1.29, 1.82) is 0 Å². The van der Waals surface area contributed by atoms with E-state index >= 15 is 0 Å². The normalized spacial score (nSPS) is 11.8. The fourth-order valence-electron chi connectivity index (χ4n) is 1.18. The zero-order valence-electron chi connectivity index (χ0n) is 9.90. The maximum Gasteiger partial charge on any atom is 0.279 e. The Morgan fingerprint density at radius 3 is 2.59 bits per heavy atom. The molecule has 0 aliphatic heterocycles. The van der Waals surface area contributed by atoms with Crippen LogP contribution in [0.25, 0.3) is 0 Å². The summed E-state index contributed by atoms with van der Waals surface area (Å²) in [4.78, 5) is 0. The van der Waals surface area contributed by atoms with E-state index in [2.05, 4.69) is 20.7 Å². The van der Waals surface area contributed by atoms with Gasteiger partial charge in [0.05, 0.1) is 7.11 Å². The van der Waals surface area contributed by atoms with Crippen molar-refractivity contribution in [3.8, 4) is 5.75 Å². The lowest BCUT2D eigenvalue weighted by atomic mass is 10.2. The first-order valence-corrected chi connectivity index (χ1v) is 7.09. The van der Waals surface area contributed by atoms with Crippen molar-refractivity contribution >= 4 is 26.1 Å². The molecular weight excluding hydrogens is 308 g/mol. The van der Waals surface area contributed by atoms with Gasteiger partial charge in [0.1, 0.15) is 5.75 Å². The Morgan fingerprint density at radius 2 is 2.06 bits per heavy atom. The van der Waals surface area contributed by atoms with Crippen molar-refractivity contribution in [1.82, 2.24) is 9.03 Å². The van der Waals surface area contributed by atoms with Crippen molar-refractivity contribution < 1.29 is 13.2 Å². The van der Waals surface area contributed by atoms with Gasteiger partial charge in [-0.2, -0.15) is 17.4 Å². The number of ether oxygens (including phenoxy) is 1. The van der Waals surface area contributed by atoms with Crippen molar-refractivity contribution in [3.05, 3.63) is 28.2 Å². The van der Waals surface area contributed by atoms with E-state index in [1.165, 1.54) is 14.1 Å². The highest BCUT2D eigenvalue weighted by Gasteiger charge is 2.13. The quantitative estimate of drug-likeness (QED) is 0.890. The highest BCUT2D eigenvalue weighted by Crippen LogP contribution is 2.22. The fourth-order valence-corrected chi connectivity index (χ4v) is 2.19. The van der Waals surface area contributed by atoms with Crippen LogP contribution in [0.2, 0.25) is 0 Å². The molecule has 0 bridgehead atoms. The van der Waals surface area contributed by atoms with E-state index in [1.807, 2.05) is 12.1 Å². The molecule has 5 nitrogen and oxygen atoms in total. The third-order valence-electron chi connectivity index (χ3n) is 2.17. The van der Waals surface area contributed by atoms with E-state index in [9.17, 15) is 8.42 Å². The molecule has 0 saturated heterocycles. The summed E-state index contributed by atoms with van der Waals surface area (Å²) in [6.07, 6.45) is 0. The zero-order chi connectivity index (χ0) is 13.1. The van der Waals surface area contributed by atoms with E-state index in [0.29, 0.717) is 5.75 Å². The number of nitrogens with one attached hydrogen (secondary N) is 1. The van der Waals surface area contributed by atoms with Crippen LogP contribution in [0.1, 0.15) is 5.56 Å². The Balaban J connectivity index is 2.86. The predicted molar refractivity (Wildman–Crippen MR) is 70.1 cm³/mol. The first-order valence-electron chi connectivity index (χ1n) is 4.86. The van der Waals surface area contributed by atoms with Gasteiger partial charge in [-0.15, -0.1) is 0 Å². The summed E-state index contributed by atoms with van der Waals surface area (Å²) in [5, 5.41) is 0. The first-order chi connectivity index (χ1) is 7.86. The minimum Gasteiger partial charge on any atom is -0.496 e. The van der Waals surface area contributed by atoms with Crippen molar-refractivity contribution in [2.75, 3.05) is 21.2 Å². The first kappa shape index (κ1) is 14.4. The van der Waals surface area contributed by atoms with Crippen LogP contribution in [0.5, 0.6) is 5.75 Å². The summed E-state index contributed by atoms with van der Waals surface area (Å²) in [6, 6.07) is 5.43. The molecule has 0 heterocycles. The second kappa shape index (κ2) is 5.81.